The van der Waals surface area contributed by atoms with E-state index in [1.54, 1.807) is 6.07 Å². The van der Waals surface area contributed by atoms with Gasteiger partial charge in [-0.2, -0.15) is 0 Å². The molecule has 0 bridgehead atoms. The zero-order chi connectivity index (χ0) is 14.8. The molecule has 4 N–H and O–H groups in total. The molecule has 2 atom stereocenters. The van der Waals surface area contributed by atoms with E-state index in [4.69, 9.17) is 16.7 Å². The summed E-state index contributed by atoms with van der Waals surface area (Å²) in [6, 6.07) is 3.97. The maximum Gasteiger partial charge on any atom is 0.237 e. The van der Waals surface area contributed by atoms with Crippen LogP contribution >= 0.6 is 11.6 Å². The highest BCUT2D eigenvalue weighted by Gasteiger charge is 2.39. The summed E-state index contributed by atoms with van der Waals surface area (Å²) in [5.41, 5.74) is -0.982. The van der Waals surface area contributed by atoms with E-state index in [0.29, 0.717) is 5.56 Å². The van der Waals surface area contributed by atoms with E-state index in [1.807, 2.05) is 0 Å². The van der Waals surface area contributed by atoms with Gasteiger partial charge in [-0.3, -0.25) is 4.79 Å². The van der Waals surface area contributed by atoms with Crippen LogP contribution in [0.1, 0.15) is 12.0 Å². The smallest absolute Gasteiger partial charge is 0.237 e. The molecule has 0 spiro atoms. The molecule has 2 unspecified atom stereocenters. The lowest BCUT2D eigenvalue weighted by atomic mass is 10.0. The highest BCUT2D eigenvalue weighted by Crippen LogP contribution is 2.20. The zero-order valence-electron chi connectivity index (χ0n) is 10.7. The molecular formula is C13H16ClFN2O3. The number of carbonyl (C=O) groups is 1. The Labute approximate surface area is 120 Å². The number of halogens is 2. The summed E-state index contributed by atoms with van der Waals surface area (Å²) in [6.07, 6.45) is 0.118. The van der Waals surface area contributed by atoms with E-state index in [2.05, 4.69) is 10.6 Å². The van der Waals surface area contributed by atoms with Crippen LogP contribution in [0.4, 0.5) is 4.39 Å². The molecule has 1 aliphatic heterocycles. The van der Waals surface area contributed by atoms with Gasteiger partial charge in [0.25, 0.3) is 0 Å². The van der Waals surface area contributed by atoms with Gasteiger partial charge in [0, 0.05) is 25.1 Å². The second kappa shape index (κ2) is 6.05. The number of hydrogen-bond donors (Lipinski definition) is 4. The van der Waals surface area contributed by atoms with Crippen molar-refractivity contribution in [2.75, 3.05) is 13.2 Å². The van der Waals surface area contributed by atoms with Crippen LogP contribution in [0, 0.1) is 5.82 Å². The number of amides is 1. The Morgan fingerprint density at radius 3 is 3.00 bits per heavy atom. The third-order valence-electron chi connectivity index (χ3n) is 3.36. The molecule has 7 heteroatoms. The van der Waals surface area contributed by atoms with Crippen LogP contribution in [0.2, 0.25) is 5.02 Å². The largest absolute Gasteiger partial charge is 0.393 e. The van der Waals surface area contributed by atoms with E-state index in [-0.39, 0.29) is 30.4 Å². The molecule has 20 heavy (non-hydrogen) atoms. The topological polar surface area (TPSA) is 81.6 Å². The van der Waals surface area contributed by atoms with Crippen molar-refractivity contribution in [2.24, 2.45) is 0 Å². The number of nitrogens with one attached hydrogen (secondary N) is 2. The van der Waals surface area contributed by atoms with Crippen LogP contribution in [-0.4, -0.2) is 40.9 Å². The van der Waals surface area contributed by atoms with Gasteiger partial charge in [0.05, 0.1) is 17.7 Å². The quantitative estimate of drug-likeness (QED) is 0.640. The van der Waals surface area contributed by atoms with E-state index >= 15 is 0 Å². The van der Waals surface area contributed by atoms with Crippen molar-refractivity contribution in [1.29, 1.82) is 0 Å². The number of carbonyl (C=O) groups excluding carboxylic acids is 1. The molecule has 1 fully saturated rings. The minimum absolute atomic E-state index is 0.00500. The first-order valence-corrected chi connectivity index (χ1v) is 6.60. The lowest BCUT2D eigenvalue weighted by Crippen LogP contribution is -2.40. The van der Waals surface area contributed by atoms with Crippen molar-refractivity contribution in [3.63, 3.8) is 0 Å². The SMILES string of the molecule is O=C(NCc1cccc(Cl)c1F)C1CC(O)(CO)CN1. The van der Waals surface area contributed by atoms with Crippen LogP contribution in [0.15, 0.2) is 18.2 Å². The van der Waals surface area contributed by atoms with E-state index < -0.39 is 24.1 Å². The predicted octanol–water partition coefficient (Wildman–Crippen LogP) is 0.181. The summed E-state index contributed by atoms with van der Waals surface area (Å²) >= 11 is 5.65. The summed E-state index contributed by atoms with van der Waals surface area (Å²) in [6.45, 7) is -0.249. The van der Waals surface area contributed by atoms with Crippen molar-refractivity contribution in [2.45, 2.75) is 24.6 Å². The van der Waals surface area contributed by atoms with Gasteiger partial charge in [-0.05, 0) is 6.07 Å². The summed E-state index contributed by atoms with van der Waals surface area (Å²) in [5, 5.41) is 24.2. The van der Waals surface area contributed by atoms with Gasteiger partial charge in [-0.1, -0.05) is 23.7 Å². The molecule has 110 valence electrons. The third-order valence-corrected chi connectivity index (χ3v) is 3.65. The fraction of sp³-hybridized carbons (Fsp3) is 0.462. The summed E-state index contributed by atoms with van der Waals surface area (Å²) in [7, 11) is 0. The Morgan fingerprint density at radius 1 is 1.60 bits per heavy atom. The van der Waals surface area contributed by atoms with Crippen LogP contribution in [0.25, 0.3) is 0 Å². The number of aliphatic hydroxyl groups is 2. The average molecular weight is 303 g/mol. The second-order valence-corrected chi connectivity index (χ2v) is 5.36. The lowest BCUT2D eigenvalue weighted by Gasteiger charge is -2.17. The van der Waals surface area contributed by atoms with Crippen molar-refractivity contribution in [1.82, 2.24) is 10.6 Å². The van der Waals surface area contributed by atoms with Gasteiger partial charge in [0.15, 0.2) is 0 Å². The van der Waals surface area contributed by atoms with Crippen molar-refractivity contribution >= 4 is 17.5 Å². The molecule has 1 aromatic rings. The molecule has 2 rings (SSSR count). The maximum atomic E-state index is 13.6. The number of benzene rings is 1. The number of hydrogen-bond acceptors (Lipinski definition) is 4. The van der Waals surface area contributed by atoms with Crippen molar-refractivity contribution in [3.8, 4) is 0 Å². The fourth-order valence-electron chi connectivity index (χ4n) is 2.13. The minimum atomic E-state index is -1.27. The molecule has 5 nitrogen and oxygen atoms in total. The summed E-state index contributed by atoms with van der Waals surface area (Å²) in [4.78, 5) is 11.9. The molecular weight excluding hydrogens is 287 g/mol. The van der Waals surface area contributed by atoms with Gasteiger partial charge < -0.3 is 20.8 Å². The van der Waals surface area contributed by atoms with E-state index in [1.165, 1.54) is 12.1 Å². The van der Waals surface area contributed by atoms with Gasteiger partial charge in [-0.25, -0.2) is 4.39 Å². The number of β-amino-alcohol motifs (C(OH)–C–C–N with tert-alkyl or cyclic N) is 1. The number of rotatable bonds is 4. The normalized spacial score (nSPS) is 25.7. The molecule has 1 aliphatic rings. The Morgan fingerprint density at radius 2 is 2.35 bits per heavy atom. The van der Waals surface area contributed by atoms with Crippen molar-refractivity contribution in [3.05, 3.63) is 34.6 Å². The second-order valence-electron chi connectivity index (χ2n) is 4.95. The Bertz CT molecular complexity index is 514. The predicted molar refractivity (Wildman–Crippen MR) is 71.7 cm³/mol. The minimum Gasteiger partial charge on any atom is -0.393 e. The summed E-state index contributed by atoms with van der Waals surface area (Å²) in [5.74, 6) is -0.908. The Hall–Kier alpha value is -1.21. The van der Waals surface area contributed by atoms with Gasteiger partial charge in [-0.15, -0.1) is 0 Å². The van der Waals surface area contributed by atoms with Crippen molar-refractivity contribution < 1.29 is 19.4 Å². The van der Waals surface area contributed by atoms with E-state index in [9.17, 15) is 14.3 Å². The fourth-order valence-corrected chi connectivity index (χ4v) is 2.33. The van der Waals surface area contributed by atoms with Crippen LogP contribution < -0.4 is 10.6 Å². The molecule has 1 saturated heterocycles. The molecule has 1 amide bonds. The standard InChI is InChI=1S/C13H16ClFN2O3/c14-9-3-1-2-8(11(9)15)5-16-12(19)10-4-13(20,7-18)6-17-10/h1-3,10,17-18,20H,4-7H2,(H,16,19). The third kappa shape index (κ3) is 3.27. The van der Waals surface area contributed by atoms with Crippen LogP contribution in [-0.2, 0) is 11.3 Å². The highest BCUT2D eigenvalue weighted by atomic mass is 35.5. The molecule has 0 saturated carbocycles. The van der Waals surface area contributed by atoms with Crippen LogP contribution in [0.5, 0.6) is 0 Å². The van der Waals surface area contributed by atoms with E-state index in [0.717, 1.165) is 0 Å². The zero-order valence-corrected chi connectivity index (χ0v) is 11.5. The molecule has 0 aromatic heterocycles. The lowest BCUT2D eigenvalue weighted by molar-refractivity contribution is -0.123. The average Bonchev–Trinajstić information content (AvgIpc) is 2.84. The Balaban J connectivity index is 1.92. The first-order chi connectivity index (χ1) is 9.45. The van der Waals surface area contributed by atoms with Gasteiger partial charge in [0.2, 0.25) is 5.91 Å². The number of aliphatic hydroxyl groups excluding tert-OH is 1. The van der Waals surface area contributed by atoms with Gasteiger partial charge >= 0.3 is 0 Å². The monoisotopic (exact) mass is 302 g/mol. The first-order valence-electron chi connectivity index (χ1n) is 6.22. The first kappa shape index (κ1) is 15.2. The highest BCUT2D eigenvalue weighted by molar-refractivity contribution is 6.30. The maximum absolute atomic E-state index is 13.6. The molecule has 0 radical (unpaired) electrons. The molecule has 0 aliphatic carbocycles. The van der Waals surface area contributed by atoms with Gasteiger partial charge in [0.1, 0.15) is 11.4 Å². The molecule has 1 aromatic carbocycles. The Kier molecular flexibility index (Phi) is 4.59. The summed E-state index contributed by atoms with van der Waals surface area (Å²) < 4.78 is 13.6. The molecule has 1 heterocycles. The van der Waals surface area contributed by atoms with Crippen LogP contribution in [0.3, 0.4) is 0 Å².